The monoisotopic (exact) mass is 427 g/mol. The summed E-state index contributed by atoms with van der Waals surface area (Å²) in [7, 11) is 4.73. The van der Waals surface area contributed by atoms with Gasteiger partial charge in [0.05, 0.1) is 19.6 Å². The quantitative estimate of drug-likeness (QED) is 0.475. The maximum absolute atomic E-state index is 13.0. The molecule has 32 heavy (non-hydrogen) atoms. The molecule has 4 aromatic rings. The van der Waals surface area contributed by atoms with E-state index in [2.05, 4.69) is 33.1 Å². The van der Waals surface area contributed by atoms with Crippen LogP contribution in [0.4, 0.5) is 5.69 Å². The first-order chi connectivity index (χ1) is 15.5. The number of aromatic amines is 2. The zero-order valence-electron chi connectivity index (χ0n) is 17.9. The fraction of sp³-hybridized carbons (Fsp3) is 0.200. The number of methoxy groups -OCH3 is 2. The van der Waals surface area contributed by atoms with Crippen molar-refractivity contribution in [3.05, 3.63) is 76.7 Å². The van der Waals surface area contributed by atoms with Gasteiger partial charge in [0.1, 0.15) is 11.4 Å². The number of likely N-dealkylation sites (N-methyl/N-ethyl adjacent to an activating group) is 1. The fourth-order valence-electron chi connectivity index (χ4n) is 5.72. The molecule has 1 aliphatic carbocycles. The molecule has 0 bridgehead atoms. The average molecular weight is 427 g/mol. The van der Waals surface area contributed by atoms with Gasteiger partial charge in [-0.1, -0.05) is 30.3 Å². The molecule has 1 spiro atoms. The summed E-state index contributed by atoms with van der Waals surface area (Å²) >= 11 is 0. The van der Waals surface area contributed by atoms with Crippen molar-refractivity contribution in [1.82, 2.24) is 9.97 Å². The molecule has 3 heterocycles. The minimum absolute atomic E-state index is 0.254. The molecule has 1 unspecified atom stereocenters. The van der Waals surface area contributed by atoms with Gasteiger partial charge in [0.25, 0.3) is 0 Å². The first-order valence-electron chi connectivity index (χ1n) is 10.4. The second-order valence-electron chi connectivity index (χ2n) is 8.32. The molecule has 6 rings (SSSR count). The molecule has 2 aromatic carbocycles. The van der Waals surface area contributed by atoms with Gasteiger partial charge in [-0.15, -0.1) is 0 Å². The van der Waals surface area contributed by atoms with Crippen LogP contribution in [-0.4, -0.2) is 49.7 Å². The molecule has 0 radical (unpaired) electrons. The topological polar surface area (TPSA) is 87.4 Å². The number of aromatic nitrogens is 2. The van der Waals surface area contributed by atoms with E-state index in [0.29, 0.717) is 12.1 Å². The van der Waals surface area contributed by atoms with Crippen molar-refractivity contribution in [3.63, 3.8) is 0 Å². The predicted molar refractivity (Wildman–Crippen MR) is 120 cm³/mol. The third-order valence-corrected chi connectivity index (χ3v) is 6.89. The molecular formula is C25H21N3O4. The molecule has 0 amide bonds. The van der Waals surface area contributed by atoms with Crippen LogP contribution >= 0.6 is 0 Å². The number of nitrogens with zero attached hydrogens (tertiary/aromatic N) is 1. The molecular weight excluding hydrogens is 406 g/mol. The number of carbonyl (C=O) groups is 2. The highest BCUT2D eigenvalue weighted by atomic mass is 16.5. The molecule has 160 valence electrons. The average Bonchev–Trinajstić information content (AvgIpc) is 3.50. The van der Waals surface area contributed by atoms with Crippen LogP contribution < -0.4 is 4.90 Å². The van der Waals surface area contributed by atoms with Gasteiger partial charge in [-0.05, 0) is 23.3 Å². The Balaban J connectivity index is 1.85. The van der Waals surface area contributed by atoms with Crippen LogP contribution in [0.2, 0.25) is 0 Å². The maximum atomic E-state index is 13.0. The van der Waals surface area contributed by atoms with Crippen molar-refractivity contribution in [2.45, 2.75) is 5.41 Å². The summed E-state index contributed by atoms with van der Waals surface area (Å²) in [5.41, 5.74) is 6.42. The van der Waals surface area contributed by atoms with Crippen LogP contribution in [0.15, 0.2) is 48.7 Å². The van der Waals surface area contributed by atoms with E-state index in [1.165, 1.54) is 14.2 Å². The lowest BCUT2D eigenvalue weighted by Gasteiger charge is -2.36. The number of anilines is 1. The zero-order chi connectivity index (χ0) is 22.2. The Morgan fingerprint density at radius 3 is 2.47 bits per heavy atom. The molecule has 2 aromatic heterocycles. The normalized spacial score (nSPS) is 18.0. The summed E-state index contributed by atoms with van der Waals surface area (Å²) in [6, 6.07) is 14.4. The van der Waals surface area contributed by atoms with Crippen LogP contribution in [-0.2, 0) is 14.9 Å². The van der Waals surface area contributed by atoms with Crippen LogP contribution in [0.25, 0.3) is 22.0 Å². The highest BCUT2D eigenvalue weighted by molar-refractivity contribution is 6.12. The summed E-state index contributed by atoms with van der Waals surface area (Å²) in [5.74, 6) is -1.05. The third-order valence-electron chi connectivity index (χ3n) is 6.89. The Morgan fingerprint density at radius 1 is 0.969 bits per heavy atom. The second-order valence-corrected chi connectivity index (χ2v) is 8.32. The summed E-state index contributed by atoms with van der Waals surface area (Å²) in [5, 5.41) is 1.05. The Kier molecular flexibility index (Phi) is 3.67. The van der Waals surface area contributed by atoms with E-state index in [-0.39, 0.29) is 11.4 Å². The summed E-state index contributed by atoms with van der Waals surface area (Å²) in [6.07, 6.45) is 1.89. The highest BCUT2D eigenvalue weighted by Crippen LogP contribution is 2.58. The number of para-hydroxylation sites is 1. The zero-order valence-corrected chi connectivity index (χ0v) is 17.9. The van der Waals surface area contributed by atoms with Crippen LogP contribution in [0.3, 0.4) is 0 Å². The van der Waals surface area contributed by atoms with Crippen molar-refractivity contribution >= 4 is 28.5 Å². The van der Waals surface area contributed by atoms with E-state index in [1.54, 1.807) is 0 Å². The van der Waals surface area contributed by atoms with Crippen molar-refractivity contribution in [2.75, 3.05) is 32.7 Å². The lowest BCUT2D eigenvalue weighted by Crippen LogP contribution is -2.37. The van der Waals surface area contributed by atoms with Gasteiger partial charge in [-0.3, -0.25) is 0 Å². The molecule has 2 N–H and O–H groups in total. The molecule has 0 saturated carbocycles. The summed E-state index contributed by atoms with van der Waals surface area (Å²) in [6.45, 7) is 0.617. The van der Waals surface area contributed by atoms with E-state index in [0.717, 1.165) is 38.8 Å². The minimum atomic E-state index is -0.665. The summed E-state index contributed by atoms with van der Waals surface area (Å²) < 4.78 is 10.2. The van der Waals surface area contributed by atoms with Crippen molar-refractivity contribution in [3.8, 4) is 11.1 Å². The maximum Gasteiger partial charge on any atom is 0.355 e. The second kappa shape index (κ2) is 6.26. The Bertz CT molecular complexity index is 1450. The first-order valence-corrected chi connectivity index (χ1v) is 10.4. The standard InChI is InChI=1S/C25H21N3O4/c1-28-12-25(14-7-4-5-10-17(14)28)15-8-6-9-16-18(15)13(11-26-16)19-20(25)22(24(30)32-3)27-21(19)23(29)31-2/h4-11,26-27H,12H2,1-3H3. The van der Waals surface area contributed by atoms with E-state index in [4.69, 9.17) is 9.47 Å². The number of hydrogen-bond acceptors (Lipinski definition) is 5. The van der Waals surface area contributed by atoms with Gasteiger partial charge in [0, 0.05) is 53.1 Å². The lowest BCUT2D eigenvalue weighted by molar-refractivity contribution is 0.0589. The van der Waals surface area contributed by atoms with E-state index in [1.807, 2.05) is 37.5 Å². The van der Waals surface area contributed by atoms with Crippen LogP contribution in [0, 0.1) is 0 Å². The van der Waals surface area contributed by atoms with E-state index >= 15 is 0 Å². The molecule has 7 heteroatoms. The number of benzene rings is 2. The van der Waals surface area contributed by atoms with Gasteiger partial charge in [0.2, 0.25) is 0 Å². The number of rotatable bonds is 2. The Labute approximate surface area is 183 Å². The van der Waals surface area contributed by atoms with Gasteiger partial charge in [-0.2, -0.15) is 0 Å². The van der Waals surface area contributed by atoms with Crippen LogP contribution in [0.1, 0.15) is 37.7 Å². The lowest BCUT2D eigenvalue weighted by atomic mass is 9.64. The largest absolute Gasteiger partial charge is 0.464 e. The van der Waals surface area contributed by atoms with E-state index in [9.17, 15) is 9.59 Å². The molecule has 1 atom stereocenters. The predicted octanol–water partition coefficient (Wildman–Crippen LogP) is 3.83. The first kappa shape index (κ1) is 18.7. The Morgan fingerprint density at radius 2 is 1.69 bits per heavy atom. The SMILES string of the molecule is COC(=O)c1[nH]c(C(=O)OC)c2c1-c1c[nH]c3cccc(c13)C21CN(C)c2ccccc21. The van der Waals surface area contributed by atoms with Gasteiger partial charge < -0.3 is 24.3 Å². The van der Waals surface area contributed by atoms with Crippen molar-refractivity contribution in [1.29, 1.82) is 0 Å². The third kappa shape index (κ3) is 2.05. The number of carbonyl (C=O) groups excluding carboxylic acids is 2. The molecule has 7 nitrogen and oxygen atoms in total. The van der Waals surface area contributed by atoms with Crippen LogP contribution in [0.5, 0.6) is 0 Å². The summed E-state index contributed by atoms with van der Waals surface area (Å²) in [4.78, 5) is 34.5. The molecule has 2 aliphatic rings. The molecule has 0 saturated heterocycles. The van der Waals surface area contributed by atoms with Crippen molar-refractivity contribution in [2.24, 2.45) is 0 Å². The van der Waals surface area contributed by atoms with Gasteiger partial charge >= 0.3 is 11.9 Å². The number of nitrogens with one attached hydrogen (secondary N) is 2. The molecule has 0 fully saturated rings. The number of ether oxygens (including phenoxy) is 2. The van der Waals surface area contributed by atoms with E-state index < -0.39 is 17.4 Å². The minimum Gasteiger partial charge on any atom is -0.464 e. The fourth-order valence-corrected chi connectivity index (χ4v) is 5.72. The number of hydrogen-bond donors (Lipinski definition) is 2. The Hall–Kier alpha value is -4.00. The number of H-pyrrole nitrogens is 2. The molecule has 1 aliphatic heterocycles. The van der Waals surface area contributed by atoms with Gasteiger partial charge in [0.15, 0.2) is 0 Å². The van der Waals surface area contributed by atoms with Crippen molar-refractivity contribution < 1.29 is 19.1 Å². The number of fused-ring (bicyclic) bond motifs is 6. The highest BCUT2D eigenvalue weighted by Gasteiger charge is 2.53. The number of esters is 2. The van der Waals surface area contributed by atoms with Gasteiger partial charge in [-0.25, -0.2) is 9.59 Å². The smallest absolute Gasteiger partial charge is 0.355 e.